The number of carbonyl (C=O) groups excluding carboxylic acids is 3. The molecule has 1 saturated heterocycles. The SMILES string of the molecule is CC(C)C[C@@H](NC(=O)[C@@H](CC1=CCCC=C1)NC(=O)CNC1C[C@@H]1C1=CCCC=C1)C(=O)NC(CCCCN)C(O)N1CCOCC1. The third kappa shape index (κ3) is 12.3. The fraction of sp³-hybridized carbons (Fsp3) is 0.694. The second kappa shape index (κ2) is 19.2. The maximum atomic E-state index is 13.9. The number of ether oxygens (including phenoxy) is 1. The normalized spacial score (nSPS) is 23.7. The summed E-state index contributed by atoms with van der Waals surface area (Å²) in [6.07, 6.45) is 19.8. The summed E-state index contributed by atoms with van der Waals surface area (Å²) in [5.74, 6) is -0.427. The maximum Gasteiger partial charge on any atom is 0.243 e. The lowest BCUT2D eigenvalue weighted by Gasteiger charge is -2.36. The van der Waals surface area contributed by atoms with E-state index in [2.05, 4.69) is 51.6 Å². The van der Waals surface area contributed by atoms with Crippen LogP contribution in [0.4, 0.5) is 0 Å². The van der Waals surface area contributed by atoms with E-state index in [0.717, 1.165) is 50.5 Å². The lowest BCUT2D eigenvalue weighted by Crippen LogP contribution is -2.59. The number of nitrogens with one attached hydrogen (secondary N) is 4. The van der Waals surface area contributed by atoms with Gasteiger partial charge in [-0.3, -0.25) is 19.3 Å². The summed E-state index contributed by atoms with van der Waals surface area (Å²) in [4.78, 5) is 42.7. The standard InChI is InChI=1S/C36H58N6O5/c1-25(2)21-31(34(44)40-29(15-9-10-16-37)36(46)42-17-19-47-20-18-42)41-35(45)32(22-26-11-5-3-6-12-26)39-33(43)24-38-30-23-28(30)27-13-7-4-8-14-27/h5,7,11-14,25,28-32,36,38,46H,3-4,6,8-10,15-24,37H2,1-2H3,(H,39,43)(H,40,44)(H,41,45)/t28-,29?,30?,31-,32-,36?/m1/s1. The van der Waals surface area contributed by atoms with Gasteiger partial charge in [-0.25, -0.2) is 0 Å². The summed E-state index contributed by atoms with van der Waals surface area (Å²) in [6.45, 7) is 6.86. The van der Waals surface area contributed by atoms with Gasteiger partial charge >= 0.3 is 0 Å². The fourth-order valence-electron chi connectivity index (χ4n) is 6.59. The van der Waals surface area contributed by atoms with Crippen molar-refractivity contribution in [2.24, 2.45) is 17.6 Å². The van der Waals surface area contributed by atoms with Crippen molar-refractivity contribution in [3.8, 4) is 0 Å². The molecule has 0 aromatic heterocycles. The molecule has 4 rings (SSSR count). The van der Waals surface area contributed by atoms with Crippen molar-refractivity contribution in [2.45, 2.75) is 108 Å². The highest BCUT2D eigenvalue weighted by molar-refractivity contribution is 5.92. The van der Waals surface area contributed by atoms with Crippen LogP contribution in [0.3, 0.4) is 0 Å². The van der Waals surface area contributed by atoms with Gasteiger partial charge in [-0.1, -0.05) is 56.7 Å². The number of rotatable bonds is 19. The van der Waals surface area contributed by atoms with Crippen molar-refractivity contribution in [3.05, 3.63) is 47.6 Å². The number of morpholine rings is 1. The molecule has 1 aliphatic heterocycles. The molecule has 1 heterocycles. The van der Waals surface area contributed by atoms with Crippen LogP contribution in [0.2, 0.25) is 0 Å². The van der Waals surface area contributed by atoms with Crippen molar-refractivity contribution < 1.29 is 24.2 Å². The highest BCUT2D eigenvalue weighted by Gasteiger charge is 2.39. The van der Waals surface area contributed by atoms with Crippen LogP contribution in [0, 0.1) is 11.8 Å². The predicted octanol–water partition coefficient (Wildman–Crippen LogP) is 2.19. The molecule has 262 valence electrons. The van der Waals surface area contributed by atoms with Gasteiger partial charge in [-0.2, -0.15) is 0 Å². The molecule has 2 fully saturated rings. The van der Waals surface area contributed by atoms with E-state index in [1.807, 2.05) is 24.8 Å². The molecule has 0 spiro atoms. The van der Waals surface area contributed by atoms with E-state index >= 15 is 0 Å². The maximum absolute atomic E-state index is 13.9. The van der Waals surface area contributed by atoms with Gasteiger partial charge in [0.1, 0.15) is 18.3 Å². The molecular formula is C36H58N6O5. The molecule has 4 aliphatic rings. The minimum atomic E-state index is -0.878. The minimum Gasteiger partial charge on any atom is -0.379 e. The van der Waals surface area contributed by atoms with Crippen molar-refractivity contribution in [3.63, 3.8) is 0 Å². The van der Waals surface area contributed by atoms with Crippen molar-refractivity contribution >= 4 is 17.7 Å². The van der Waals surface area contributed by atoms with Crippen LogP contribution in [0.25, 0.3) is 0 Å². The molecule has 47 heavy (non-hydrogen) atoms. The molecular weight excluding hydrogens is 596 g/mol. The number of nitrogens with zero attached hydrogens (tertiary/aromatic N) is 1. The number of unbranched alkanes of at least 4 members (excludes halogenated alkanes) is 1. The van der Waals surface area contributed by atoms with Gasteiger partial charge in [0.25, 0.3) is 0 Å². The van der Waals surface area contributed by atoms with Gasteiger partial charge in [0, 0.05) is 31.5 Å². The van der Waals surface area contributed by atoms with Gasteiger partial charge in [0.15, 0.2) is 0 Å². The first-order valence-corrected chi connectivity index (χ1v) is 17.8. The first-order valence-electron chi connectivity index (χ1n) is 17.8. The Labute approximate surface area is 280 Å². The molecule has 0 aromatic rings. The lowest BCUT2D eigenvalue weighted by molar-refractivity contribution is -0.134. The zero-order valence-electron chi connectivity index (χ0n) is 28.4. The Balaban J connectivity index is 1.39. The van der Waals surface area contributed by atoms with E-state index in [1.165, 1.54) is 5.57 Å². The molecule has 0 radical (unpaired) electrons. The second-order valence-corrected chi connectivity index (χ2v) is 13.7. The van der Waals surface area contributed by atoms with E-state index in [9.17, 15) is 19.5 Å². The third-order valence-electron chi connectivity index (χ3n) is 9.35. The van der Waals surface area contributed by atoms with Crippen LogP contribution < -0.4 is 27.0 Å². The average molecular weight is 655 g/mol. The first kappa shape index (κ1) is 37.0. The number of allylic oxidation sites excluding steroid dienone is 6. The molecule has 6 atom stereocenters. The monoisotopic (exact) mass is 654 g/mol. The first-order chi connectivity index (χ1) is 22.7. The van der Waals surface area contributed by atoms with Crippen molar-refractivity contribution in [1.29, 1.82) is 0 Å². The summed E-state index contributed by atoms with van der Waals surface area (Å²) in [5, 5.41) is 23.6. The number of hydrogen-bond acceptors (Lipinski definition) is 8. The summed E-state index contributed by atoms with van der Waals surface area (Å²) in [5.41, 5.74) is 8.06. The number of aliphatic hydroxyl groups excluding tert-OH is 1. The van der Waals surface area contributed by atoms with Crippen molar-refractivity contribution in [2.75, 3.05) is 39.4 Å². The number of hydrogen-bond donors (Lipinski definition) is 6. The molecule has 11 nitrogen and oxygen atoms in total. The zero-order valence-corrected chi connectivity index (χ0v) is 28.4. The number of nitrogens with two attached hydrogens (primary N) is 1. The zero-order chi connectivity index (χ0) is 33.6. The Hall–Kier alpha value is -2.83. The Bertz CT molecular complexity index is 1160. The highest BCUT2D eigenvalue weighted by Crippen LogP contribution is 2.39. The van der Waals surface area contributed by atoms with Crippen LogP contribution in [-0.2, 0) is 19.1 Å². The Morgan fingerprint density at radius 3 is 2.34 bits per heavy atom. The molecule has 1 saturated carbocycles. The number of aliphatic hydroxyl groups is 1. The minimum absolute atomic E-state index is 0.118. The summed E-state index contributed by atoms with van der Waals surface area (Å²) in [7, 11) is 0. The predicted molar refractivity (Wildman–Crippen MR) is 184 cm³/mol. The van der Waals surface area contributed by atoms with Gasteiger partial charge in [-0.15, -0.1) is 0 Å². The van der Waals surface area contributed by atoms with Gasteiger partial charge in [-0.05, 0) is 75.0 Å². The quantitative estimate of drug-likeness (QED) is 0.116. The van der Waals surface area contributed by atoms with Crippen LogP contribution >= 0.6 is 0 Å². The van der Waals surface area contributed by atoms with Crippen LogP contribution in [0.1, 0.15) is 78.1 Å². The van der Waals surface area contributed by atoms with Crippen LogP contribution in [0.5, 0.6) is 0 Å². The molecule has 3 amide bonds. The van der Waals surface area contributed by atoms with E-state index in [-0.39, 0.29) is 30.3 Å². The third-order valence-corrected chi connectivity index (χ3v) is 9.35. The summed E-state index contributed by atoms with van der Waals surface area (Å²) >= 11 is 0. The summed E-state index contributed by atoms with van der Waals surface area (Å²) < 4.78 is 5.45. The van der Waals surface area contributed by atoms with Crippen molar-refractivity contribution in [1.82, 2.24) is 26.2 Å². The van der Waals surface area contributed by atoms with E-state index < -0.39 is 30.3 Å². The smallest absolute Gasteiger partial charge is 0.243 e. The molecule has 0 aromatic carbocycles. The highest BCUT2D eigenvalue weighted by atomic mass is 16.5. The number of carbonyl (C=O) groups is 3. The average Bonchev–Trinajstić information content (AvgIpc) is 3.87. The van der Waals surface area contributed by atoms with Crippen LogP contribution in [0.15, 0.2) is 47.6 Å². The molecule has 11 heteroatoms. The summed E-state index contributed by atoms with van der Waals surface area (Å²) in [6, 6.07) is -1.92. The lowest BCUT2D eigenvalue weighted by atomic mass is 9.98. The van der Waals surface area contributed by atoms with E-state index in [0.29, 0.717) is 58.0 Å². The Morgan fingerprint density at radius 2 is 1.68 bits per heavy atom. The molecule has 3 unspecified atom stereocenters. The number of amides is 3. The second-order valence-electron chi connectivity index (χ2n) is 13.7. The topological polar surface area (TPSA) is 158 Å². The molecule has 0 bridgehead atoms. The van der Waals surface area contributed by atoms with Gasteiger partial charge < -0.3 is 36.8 Å². The largest absolute Gasteiger partial charge is 0.379 e. The fourth-order valence-corrected chi connectivity index (χ4v) is 6.59. The van der Waals surface area contributed by atoms with Gasteiger partial charge in [0.05, 0.1) is 25.8 Å². The molecule has 7 N–H and O–H groups in total. The van der Waals surface area contributed by atoms with Crippen LogP contribution in [-0.4, -0.2) is 97.5 Å². The Morgan fingerprint density at radius 1 is 0.957 bits per heavy atom. The van der Waals surface area contributed by atoms with E-state index in [4.69, 9.17) is 10.5 Å². The van der Waals surface area contributed by atoms with E-state index in [1.54, 1.807) is 0 Å². The van der Waals surface area contributed by atoms with Gasteiger partial charge in [0.2, 0.25) is 17.7 Å². The molecule has 3 aliphatic carbocycles. The Kier molecular flexibility index (Phi) is 15.1.